The summed E-state index contributed by atoms with van der Waals surface area (Å²) in [6.07, 6.45) is 7.54. The van der Waals surface area contributed by atoms with Crippen LogP contribution < -0.4 is 5.73 Å². The van der Waals surface area contributed by atoms with Crippen molar-refractivity contribution in [3.63, 3.8) is 0 Å². The molecular weight excluding hydrogens is 340 g/mol. The van der Waals surface area contributed by atoms with Gasteiger partial charge in [0, 0.05) is 37.5 Å². The Balaban J connectivity index is 0.000000146. The quantitative estimate of drug-likeness (QED) is 0.712. The summed E-state index contributed by atoms with van der Waals surface area (Å²) in [5.41, 5.74) is 5.60. The van der Waals surface area contributed by atoms with Gasteiger partial charge in [-0.1, -0.05) is 12.2 Å². The highest BCUT2D eigenvalue weighted by atomic mass is 32.1. The molecule has 6 nitrogen and oxygen atoms in total. The molecule has 0 aromatic carbocycles. The van der Waals surface area contributed by atoms with Gasteiger partial charge in [-0.2, -0.15) is 5.26 Å². The Bertz CT molecular complexity index is 490. The molecule has 0 aromatic rings. The van der Waals surface area contributed by atoms with Crippen LogP contribution in [0.1, 0.15) is 51.4 Å². The highest BCUT2D eigenvalue weighted by Gasteiger charge is 2.41. The number of rotatable bonds is 1. The highest BCUT2D eigenvalue weighted by Crippen LogP contribution is 2.39. The van der Waals surface area contributed by atoms with Gasteiger partial charge >= 0.3 is 0 Å². The molecule has 2 heterocycles. The van der Waals surface area contributed by atoms with E-state index in [1.807, 2.05) is 0 Å². The van der Waals surface area contributed by atoms with Crippen molar-refractivity contribution in [2.24, 2.45) is 17.6 Å². The van der Waals surface area contributed by atoms with E-state index in [0.29, 0.717) is 10.9 Å². The Morgan fingerprint density at radius 3 is 1.60 bits per heavy atom. The van der Waals surface area contributed by atoms with Crippen LogP contribution >= 0.6 is 12.2 Å². The Labute approximate surface area is 154 Å². The van der Waals surface area contributed by atoms with Crippen LogP contribution in [0.25, 0.3) is 0 Å². The van der Waals surface area contributed by atoms with Gasteiger partial charge in [0.05, 0.1) is 37.5 Å². The lowest BCUT2D eigenvalue weighted by Gasteiger charge is -2.34. The molecule has 2 saturated carbocycles. The molecule has 25 heavy (non-hydrogen) atoms. The van der Waals surface area contributed by atoms with Crippen molar-refractivity contribution in [1.82, 2.24) is 0 Å². The standard InChI is InChI=1S/C9H15NO2S.C9H13NO2/c10-8(13)7-1-3-9(4-2-7)11-5-6-12-9;10-7-8-1-3-9(4-2-8)11-5-6-12-9/h7H,1-6H2,(H2,10,13);8H,1-6H2. The molecule has 0 bridgehead atoms. The van der Waals surface area contributed by atoms with E-state index in [1.165, 1.54) is 0 Å². The fraction of sp³-hybridized carbons (Fsp3) is 0.889. The number of nitriles is 1. The van der Waals surface area contributed by atoms with Crippen molar-refractivity contribution in [2.45, 2.75) is 62.9 Å². The first-order chi connectivity index (χ1) is 12.1. The minimum atomic E-state index is -0.298. The predicted molar refractivity (Wildman–Crippen MR) is 95.6 cm³/mol. The zero-order valence-electron chi connectivity index (χ0n) is 14.7. The van der Waals surface area contributed by atoms with Crippen molar-refractivity contribution in [3.05, 3.63) is 0 Å². The summed E-state index contributed by atoms with van der Waals surface area (Å²) in [5, 5.41) is 8.69. The van der Waals surface area contributed by atoms with Crippen molar-refractivity contribution >= 4 is 17.2 Å². The fourth-order valence-corrected chi connectivity index (χ4v) is 4.34. The summed E-state index contributed by atoms with van der Waals surface area (Å²) in [5.74, 6) is 0.0473. The first kappa shape index (κ1) is 19.0. The number of hydrogen-bond donors (Lipinski definition) is 1. The van der Waals surface area contributed by atoms with Crippen LogP contribution in [0.2, 0.25) is 0 Å². The van der Waals surface area contributed by atoms with Gasteiger partial charge in [-0.25, -0.2) is 0 Å². The molecule has 2 saturated heterocycles. The van der Waals surface area contributed by atoms with Crippen LogP contribution in [0.4, 0.5) is 0 Å². The predicted octanol–water partition coefficient (Wildman–Crippen LogP) is 2.65. The first-order valence-corrected chi connectivity index (χ1v) is 9.72. The SMILES string of the molecule is N#CC1CCC2(CC1)OCCO2.NC(=S)C1CCC2(CC1)OCCO2. The van der Waals surface area contributed by atoms with Crippen molar-refractivity contribution in [1.29, 1.82) is 5.26 Å². The molecule has 2 aliphatic heterocycles. The van der Waals surface area contributed by atoms with E-state index in [1.54, 1.807) is 0 Å². The zero-order chi connectivity index (χ0) is 17.8. The van der Waals surface area contributed by atoms with E-state index >= 15 is 0 Å². The van der Waals surface area contributed by atoms with Gasteiger partial charge < -0.3 is 24.7 Å². The first-order valence-electron chi connectivity index (χ1n) is 9.31. The monoisotopic (exact) mass is 368 g/mol. The Kier molecular flexibility index (Phi) is 6.29. The Morgan fingerprint density at radius 2 is 1.24 bits per heavy atom. The lowest BCUT2D eigenvalue weighted by molar-refractivity contribution is -0.180. The maximum absolute atomic E-state index is 8.69. The molecule has 0 amide bonds. The molecule has 0 radical (unpaired) electrons. The smallest absolute Gasteiger partial charge is 0.168 e. The maximum atomic E-state index is 8.69. The molecule has 0 atom stereocenters. The van der Waals surface area contributed by atoms with Crippen LogP contribution in [0.5, 0.6) is 0 Å². The van der Waals surface area contributed by atoms with Gasteiger partial charge in [0.1, 0.15) is 0 Å². The fourth-order valence-electron chi connectivity index (χ4n) is 4.10. The molecule has 4 fully saturated rings. The zero-order valence-corrected chi connectivity index (χ0v) is 15.5. The molecule has 140 valence electrons. The van der Waals surface area contributed by atoms with Crippen LogP contribution in [-0.2, 0) is 18.9 Å². The largest absolute Gasteiger partial charge is 0.393 e. The number of nitrogens with zero attached hydrogens (tertiary/aromatic N) is 1. The average Bonchev–Trinajstić information content (AvgIpc) is 3.27. The molecule has 7 heteroatoms. The number of ether oxygens (including phenoxy) is 4. The molecule has 4 rings (SSSR count). The van der Waals surface area contributed by atoms with E-state index in [9.17, 15) is 0 Å². The van der Waals surface area contributed by atoms with Crippen LogP contribution in [0, 0.1) is 23.2 Å². The van der Waals surface area contributed by atoms with Crippen molar-refractivity contribution in [3.8, 4) is 6.07 Å². The summed E-state index contributed by atoms with van der Waals surface area (Å²) in [6, 6.07) is 2.30. The second-order valence-electron chi connectivity index (χ2n) is 7.30. The molecule has 0 unspecified atom stereocenters. The highest BCUT2D eigenvalue weighted by molar-refractivity contribution is 7.80. The molecule has 2 aliphatic carbocycles. The third kappa shape index (κ3) is 4.69. The van der Waals surface area contributed by atoms with E-state index < -0.39 is 0 Å². The summed E-state index contributed by atoms with van der Waals surface area (Å²) in [6.45, 7) is 2.91. The van der Waals surface area contributed by atoms with Gasteiger partial charge in [0.2, 0.25) is 0 Å². The van der Waals surface area contributed by atoms with Crippen LogP contribution in [-0.4, -0.2) is 43.0 Å². The van der Waals surface area contributed by atoms with Gasteiger partial charge in [0.25, 0.3) is 0 Å². The lowest BCUT2D eigenvalue weighted by atomic mass is 9.85. The van der Waals surface area contributed by atoms with E-state index in [-0.39, 0.29) is 17.5 Å². The second kappa shape index (κ2) is 8.28. The van der Waals surface area contributed by atoms with E-state index in [2.05, 4.69) is 6.07 Å². The van der Waals surface area contributed by atoms with Crippen molar-refractivity contribution in [2.75, 3.05) is 26.4 Å². The van der Waals surface area contributed by atoms with E-state index in [0.717, 1.165) is 77.8 Å². The summed E-state index contributed by atoms with van der Waals surface area (Å²) < 4.78 is 22.3. The molecule has 2 spiro atoms. The summed E-state index contributed by atoms with van der Waals surface area (Å²) in [4.78, 5) is 0.646. The van der Waals surface area contributed by atoms with E-state index in [4.69, 9.17) is 42.2 Å². The molecule has 2 N–H and O–H groups in total. The molecular formula is C18H28N2O4S. The van der Waals surface area contributed by atoms with Crippen molar-refractivity contribution < 1.29 is 18.9 Å². The minimum Gasteiger partial charge on any atom is -0.393 e. The maximum Gasteiger partial charge on any atom is 0.168 e. The van der Waals surface area contributed by atoms with Crippen LogP contribution in [0.15, 0.2) is 0 Å². The van der Waals surface area contributed by atoms with Gasteiger partial charge in [-0.05, 0) is 25.7 Å². The molecule has 0 aromatic heterocycles. The minimum absolute atomic E-state index is 0.225. The Morgan fingerprint density at radius 1 is 0.840 bits per heavy atom. The third-order valence-electron chi connectivity index (χ3n) is 5.71. The van der Waals surface area contributed by atoms with Gasteiger partial charge in [-0.3, -0.25) is 0 Å². The topological polar surface area (TPSA) is 86.7 Å². The normalized spacial score (nSPS) is 30.6. The average molecular weight is 368 g/mol. The number of thiocarbonyl (C=S) groups is 1. The summed E-state index contributed by atoms with van der Waals surface area (Å²) in [7, 11) is 0. The number of nitrogens with two attached hydrogens (primary N) is 1. The Hall–Kier alpha value is -0.780. The molecule has 4 aliphatic rings. The number of hydrogen-bond acceptors (Lipinski definition) is 6. The third-order valence-corrected chi connectivity index (χ3v) is 6.04. The van der Waals surface area contributed by atoms with Gasteiger partial charge in [-0.15, -0.1) is 0 Å². The lowest BCUT2D eigenvalue weighted by Crippen LogP contribution is -2.38. The van der Waals surface area contributed by atoms with Gasteiger partial charge in [0.15, 0.2) is 11.6 Å². The second-order valence-corrected chi connectivity index (χ2v) is 7.77. The summed E-state index contributed by atoms with van der Waals surface area (Å²) >= 11 is 4.97. The van der Waals surface area contributed by atoms with Crippen LogP contribution in [0.3, 0.4) is 0 Å².